The Morgan fingerprint density at radius 2 is 0.973 bits per heavy atom. The van der Waals surface area contributed by atoms with Crippen molar-refractivity contribution in [1.82, 2.24) is 58.9 Å². The number of nitrogens with zero attached hydrogens (tertiary/aromatic N) is 13. The topological polar surface area (TPSA) is 188 Å². The summed E-state index contributed by atoms with van der Waals surface area (Å²) in [6, 6.07) is 23.4. The van der Waals surface area contributed by atoms with E-state index in [1.54, 1.807) is 50.7 Å². The van der Waals surface area contributed by atoms with E-state index in [4.69, 9.17) is 21.6 Å². The van der Waals surface area contributed by atoms with Crippen molar-refractivity contribution < 1.29 is 9.59 Å². The number of carbonyl (C=O) groups excluding carboxylic acids is 2. The minimum atomic E-state index is -0.509. The van der Waals surface area contributed by atoms with Gasteiger partial charge in [-0.3, -0.25) is 38.1 Å². The summed E-state index contributed by atoms with van der Waals surface area (Å²) in [7, 11) is 4.32. The molecule has 0 spiro atoms. The number of pyridine rings is 2. The number of benzene rings is 2. The van der Waals surface area contributed by atoms with Gasteiger partial charge in [-0.05, 0) is 98.5 Å². The van der Waals surface area contributed by atoms with E-state index in [2.05, 4.69) is 119 Å². The number of allylic oxidation sites excluding steroid dienone is 1. The van der Waals surface area contributed by atoms with Crippen LogP contribution in [0.3, 0.4) is 0 Å². The van der Waals surface area contributed by atoms with Crippen LogP contribution in [0.5, 0.6) is 0 Å². The molecule has 8 heterocycles. The highest BCUT2D eigenvalue weighted by atomic mass is 35.5. The Kier molecular flexibility index (Phi) is 19.1. The first-order valence-corrected chi connectivity index (χ1v) is 26.0. The fraction of sp³-hybridized carbons (Fsp3) is 0.407. The predicted molar refractivity (Wildman–Crippen MR) is 300 cm³/mol. The second-order valence-corrected chi connectivity index (χ2v) is 19.4. The van der Waals surface area contributed by atoms with Crippen molar-refractivity contribution in [3.8, 4) is 0 Å². The molecule has 4 aliphatic rings. The minimum Gasteiger partial charge on any atom is -0.369 e. The average molecular weight is 1040 g/mol. The number of amides is 1. The molecule has 2 aromatic carbocycles. The van der Waals surface area contributed by atoms with E-state index in [0.717, 1.165) is 126 Å². The van der Waals surface area contributed by atoms with Crippen molar-refractivity contribution in [2.24, 2.45) is 0 Å². The van der Waals surface area contributed by atoms with Crippen molar-refractivity contribution >= 4 is 79.5 Å². The first kappa shape index (κ1) is 54.2. The summed E-state index contributed by atoms with van der Waals surface area (Å²) in [6.07, 6.45) is 5.93. The lowest BCUT2D eigenvalue weighted by molar-refractivity contribution is -0.127. The van der Waals surface area contributed by atoms with Crippen LogP contribution < -0.4 is 36.9 Å². The molecular weight excluding hydrogens is 972 g/mol. The van der Waals surface area contributed by atoms with E-state index in [-0.39, 0.29) is 17.0 Å². The maximum Gasteiger partial charge on any atom is 0.252 e. The zero-order valence-corrected chi connectivity index (χ0v) is 43.9. The highest BCUT2D eigenvalue weighted by Crippen LogP contribution is 2.24. The van der Waals surface area contributed by atoms with Gasteiger partial charge in [0.05, 0.1) is 0 Å². The van der Waals surface area contributed by atoms with E-state index in [9.17, 15) is 19.2 Å². The molecule has 4 saturated heterocycles. The molecule has 1 amide bonds. The zero-order valence-electron chi connectivity index (χ0n) is 43.1. The standard InChI is InChI=1S/C27H34N8O2.C24H32N8O.C3H3ClO/c1-3-24(36)34-17-12-32(13-18-34)14-19-35-25(37)9-4-21-20-28-27(30-26(21)35)29-22-5-7-23(8-6-22)33-15-10-31(2)11-16-33;1-29-12-15-31(16-13-29)21-5-3-20(4-6-21)27-24-26-18-19-2-7-22(33)32(23(19)28-24)17-14-30-10-8-25-9-11-30;1-2-3(4)5/h3-9,20H,1,10-19H2,2H3,(H,28,29,30);2-7,18,25H,8-17H2,1H3,(H,26,27,28);2H,1H2. The van der Waals surface area contributed by atoms with Crippen molar-refractivity contribution in [3.63, 3.8) is 0 Å². The number of halogens is 1. The Bertz CT molecular complexity index is 3000. The first-order valence-electron chi connectivity index (χ1n) is 25.7. The third-order valence-electron chi connectivity index (χ3n) is 13.9. The summed E-state index contributed by atoms with van der Waals surface area (Å²) < 4.78 is 3.47. The number of nitrogens with one attached hydrogen (secondary N) is 3. The third-order valence-corrected chi connectivity index (χ3v) is 14.1. The van der Waals surface area contributed by atoms with Gasteiger partial charge in [-0.15, -0.1) is 0 Å². The number of anilines is 6. The molecule has 0 aliphatic carbocycles. The van der Waals surface area contributed by atoms with Gasteiger partial charge >= 0.3 is 0 Å². The smallest absolute Gasteiger partial charge is 0.252 e. The molecule has 20 nitrogen and oxygen atoms in total. The predicted octanol–water partition coefficient (Wildman–Crippen LogP) is 3.75. The summed E-state index contributed by atoms with van der Waals surface area (Å²) in [5, 5.41) is 11.1. The van der Waals surface area contributed by atoms with Crippen molar-refractivity contribution in [3.05, 3.63) is 131 Å². The van der Waals surface area contributed by atoms with Gasteiger partial charge in [-0.2, -0.15) is 9.97 Å². The summed E-state index contributed by atoms with van der Waals surface area (Å²) in [6.45, 7) is 24.6. The Morgan fingerprint density at radius 3 is 1.37 bits per heavy atom. The van der Waals surface area contributed by atoms with Gasteiger partial charge < -0.3 is 40.4 Å². The highest BCUT2D eigenvalue weighted by molar-refractivity contribution is 6.66. The fourth-order valence-corrected chi connectivity index (χ4v) is 9.33. The van der Waals surface area contributed by atoms with Crippen LogP contribution in [-0.2, 0) is 22.7 Å². The fourth-order valence-electron chi connectivity index (χ4n) is 9.33. The summed E-state index contributed by atoms with van der Waals surface area (Å²) in [4.78, 5) is 81.0. The average Bonchev–Trinajstić information content (AvgIpc) is 3.44. The Morgan fingerprint density at radius 1 is 0.560 bits per heavy atom. The lowest BCUT2D eigenvalue weighted by atomic mass is 10.2. The van der Waals surface area contributed by atoms with Crippen LogP contribution in [0.1, 0.15) is 0 Å². The number of carbonyl (C=O) groups is 2. The van der Waals surface area contributed by atoms with Gasteiger partial charge in [-0.25, -0.2) is 9.97 Å². The second-order valence-electron chi connectivity index (χ2n) is 19.0. The lowest BCUT2D eigenvalue weighted by Gasteiger charge is -2.34. The molecule has 0 atom stereocenters. The Hall–Kier alpha value is -7.07. The first-order chi connectivity index (χ1) is 36.4. The molecule has 0 bridgehead atoms. The Labute approximate surface area is 442 Å². The summed E-state index contributed by atoms with van der Waals surface area (Å²) in [5.74, 6) is 0.919. The molecule has 6 aromatic rings. The van der Waals surface area contributed by atoms with E-state index in [1.165, 1.54) is 17.5 Å². The van der Waals surface area contributed by atoms with E-state index in [1.807, 2.05) is 12.1 Å². The molecule has 3 N–H and O–H groups in total. The van der Waals surface area contributed by atoms with Crippen molar-refractivity contribution in [2.75, 3.05) is 152 Å². The van der Waals surface area contributed by atoms with E-state index < -0.39 is 5.24 Å². The molecule has 0 saturated carbocycles. The molecule has 4 fully saturated rings. The van der Waals surface area contributed by atoms with Gasteiger partial charge in [0.2, 0.25) is 23.0 Å². The number of aromatic nitrogens is 6. The van der Waals surface area contributed by atoms with Crippen LogP contribution in [0.15, 0.2) is 120 Å². The maximum absolute atomic E-state index is 12.8. The Balaban J connectivity index is 0.000000184. The van der Waals surface area contributed by atoms with Gasteiger partial charge in [0, 0.05) is 189 Å². The minimum absolute atomic E-state index is 0.0289. The molecule has 4 aliphatic heterocycles. The van der Waals surface area contributed by atoms with Crippen LogP contribution >= 0.6 is 11.6 Å². The van der Waals surface area contributed by atoms with Gasteiger partial charge in [0.25, 0.3) is 11.1 Å². The molecule has 21 heteroatoms. The monoisotopic (exact) mass is 1040 g/mol. The third kappa shape index (κ3) is 15.0. The maximum atomic E-state index is 12.8. The number of likely N-dealkylation sites (N-methyl/N-ethyl adjacent to an activating group) is 2. The van der Waals surface area contributed by atoms with Crippen LogP contribution in [0.2, 0.25) is 0 Å². The SMILES string of the molecule is C=CC(=O)Cl.C=CC(=O)N1CCN(CCn2c(=O)ccc3cnc(Nc4ccc(N5CCN(C)CC5)cc4)nc32)CC1.CN1CCN(c2ccc(Nc3ncc4ccc(=O)n(CCN5CCNCC5)c4n3)cc2)CC1. The van der Waals surface area contributed by atoms with Gasteiger partial charge in [0.1, 0.15) is 11.3 Å². The molecule has 396 valence electrons. The van der Waals surface area contributed by atoms with Crippen LogP contribution in [0.4, 0.5) is 34.6 Å². The number of hydrogen-bond acceptors (Lipinski definition) is 17. The second kappa shape index (κ2) is 26.4. The molecule has 75 heavy (non-hydrogen) atoms. The summed E-state index contributed by atoms with van der Waals surface area (Å²) in [5.41, 5.74) is 5.43. The largest absolute Gasteiger partial charge is 0.369 e. The molecule has 0 unspecified atom stereocenters. The van der Waals surface area contributed by atoms with Crippen molar-refractivity contribution in [2.45, 2.75) is 13.1 Å². The molecule has 0 radical (unpaired) electrons. The zero-order chi connectivity index (χ0) is 52.7. The van der Waals surface area contributed by atoms with E-state index in [0.29, 0.717) is 55.9 Å². The number of hydrogen-bond donors (Lipinski definition) is 3. The quantitative estimate of drug-likeness (QED) is 0.106. The number of piperazine rings is 4. The molecular formula is C54H69ClN16O4. The van der Waals surface area contributed by atoms with Crippen LogP contribution in [0, 0.1) is 0 Å². The normalized spacial score (nSPS) is 16.9. The van der Waals surface area contributed by atoms with Crippen molar-refractivity contribution in [1.29, 1.82) is 0 Å². The van der Waals surface area contributed by atoms with Crippen LogP contribution in [-0.4, -0.2) is 197 Å². The van der Waals surface area contributed by atoms with E-state index >= 15 is 0 Å². The van der Waals surface area contributed by atoms with Crippen LogP contribution in [0.25, 0.3) is 22.1 Å². The summed E-state index contributed by atoms with van der Waals surface area (Å²) >= 11 is 4.71. The molecule has 4 aromatic heterocycles. The highest BCUT2D eigenvalue weighted by Gasteiger charge is 2.21. The lowest BCUT2D eigenvalue weighted by Crippen LogP contribution is -2.49. The number of fused-ring (bicyclic) bond motifs is 2. The molecule has 10 rings (SSSR count). The van der Waals surface area contributed by atoms with Gasteiger partial charge in [0.15, 0.2) is 0 Å². The van der Waals surface area contributed by atoms with Gasteiger partial charge in [-0.1, -0.05) is 13.2 Å². The number of rotatable bonds is 14.